The summed E-state index contributed by atoms with van der Waals surface area (Å²) in [6, 6.07) is 4.93. The first kappa shape index (κ1) is 18.5. The Bertz CT molecular complexity index is 840. The molecule has 0 spiro atoms. The zero-order valence-electron chi connectivity index (χ0n) is 15.5. The van der Waals surface area contributed by atoms with Crippen LogP contribution in [0.5, 0.6) is 5.75 Å². The molecule has 1 aromatic carbocycles. The maximum atomic E-state index is 12.5. The number of nitrogens with zero attached hydrogens (tertiary/aromatic N) is 2. The molecular formula is C19H23N3O3S. The number of aromatic nitrogens is 2. The summed E-state index contributed by atoms with van der Waals surface area (Å²) in [6.45, 7) is 7.98. The summed E-state index contributed by atoms with van der Waals surface area (Å²) in [7, 11) is 0. The third kappa shape index (κ3) is 3.77. The highest BCUT2D eigenvalue weighted by atomic mass is 32.1. The summed E-state index contributed by atoms with van der Waals surface area (Å²) in [6.07, 6.45) is 2.27. The summed E-state index contributed by atoms with van der Waals surface area (Å²) >= 11 is 1.40. The van der Waals surface area contributed by atoms with E-state index in [1.165, 1.54) is 11.3 Å². The number of nitrogens with one attached hydrogen (secondary N) is 1. The van der Waals surface area contributed by atoms with Crippen LogP contribution in [0.4, 0.5) is 5.13 Å². The van der Waals surface area contributed by atoms with Crippen LogP contribution >= 0.6 is 11.3 Å². The van der Waals surface area contributed by atoms with E-state index in [4.69, 9.17) is 4.74 Å². The Morgan fingerprint density at radius 2 is 2.04 bits per heavy atom. The second-order valence-corrected chi connectivity index (χ2v) is 8.09. The molecule has 3 rings (SSSR count). The van der Waals surface area contributed by atoms with E-state index in [9.17, 15) is 9.59 Å². The van der Waals surface area contributed by atoms with Crippen LogP contribution in [0.25, 0.3) is 0 Å². The third-order valence-electron chi connectivity index (χ3n) is 4.51. The van der Waals surface area contributed by atoms with Gasteiger partial charge in [-0.3, -0.25) is 14.9 Å². The minimum Gasteiger partial charge on any atom is -0.487 e. The number of amides is 1. The molecule has 2 heterocycles. The fourth-order valence-corrected chi connectivity index (χ4v) is 4.06. The van der Waals surface area contributed by atoms with Crippen LogP contribution in [0.2, 0.25) is 0 Å². The SMILES string of the molecule is CCC(CC)c1nnc(NC(=O)c2ccc3c(c2)C(=O)CC(C)(C)O3)s1. The van der Waals surface area contributed by atoms with Crippen molar-refractivity contribution in [1.29, 1.82) is 0 Å². The molecule has 0 aliphatic carbocycles. The monoisotopic (exact) mass is 373 g/mol. The van der Waals surface area contributed by atoms with Crippen molar-refractivity contribution < 1.29 is 14.3 Å². The molecule has 1 aromatic heterocycles. The van der Waals surface area contributed by atoms with Crippen molar-refractivity contribution in [2.24, 2.45) is 0 Å². The fraction of sp³-hybridized carbons (Fsp3) is 0.474. The van der Waals surface area contributed by atoms with Crippen molar-refractivity contribution in [3.05, 3.63) is 34.3 Å². The normalized spacial score (nSPS) is 15.5. The molecule has 1 aliphatic rings. The van der Waals surface area contributed by atoms with Gasteiger partial charge in [-0.1, -0.05) is 25.2 Å². The predicted molar refractivity (Wildman–Crippen MR) is 101 cm³/mol. The molecule has 0 saturated heterocycles. The molecule has 6 nitrogen and oxygen atoms in total. The molecule has 0 atom stereocenters. The fourth-order valence-electron chi connectivity index (χ4n) is 3.05. The van der Waals surface area contributed by atoms with Crippen LogP contribution in [-0.2, 0) is 0 Å². The number of hydrogen-bond donors (Lipinski definition) is 1. The van der Waals surface area contributed by atoms with Crippen LogP contribution in [-0.4, -0.2) is 27.5 Å². The number of rotatable bonds is 5. The highest BCUT2D eigenvalue weighted by Crippen LogP contribution is 2.34. The lowest BCUT2D eigenvalue weighted by Gasteiger charge is -2.31. The van der Waals surface area contributed by atoms with E-state index in [0.29, 0.717) is 34.3 Å². The van der Waals surface area contributed by atoms with Crippen LogP contribution in [0.3, 0.4) is 0 Å². The van der Waals surface area contributed by atoms with E-state index in [0.717, 1.165) is 17.8 Å². The van der Waals surface area contributed by atoms with Crippen LogP contribution in [0, 0.1) is 0 Å². The second kappa shape index (κ2) is 7.15. The average molecular weight is 373 g/mol. The van der Waals surface area contributed by atoms with Crippen molar-refractivity contribution in [1.82, 2.24) is 10.2 Å². The number of ether oxygens (including phenoxy) is 1. The average Bonchev–Trinajstić information content (AvgIpc) is 3.03. The molecule has 0 saturated carbocycles. The summed E-state index contributed by atoms with van der Waals surface area (Å²) in [5.41, 5.74) is 0.331. The molecule has 0 fully saturated rings. The number of carbonyl (C=O) groups is 2. The van der Waals surface area contributed by atoms with Crippen molar-refractivity contribution in [3.8, 4) is 5.75 Å². The van der Waals surface area contributed by atoms with Gasteiger partial charge in [0.2, 0.25) is 5.13 Å². The molecule has 0 radical (unpaired) electrons. The lowest BCUT2D eigenvalue weighted by molar-refractivity contribution is 0.0620. The van der Waals surface area contributed by atoms with Gasteiger partial charge in [-0.15, -0.1) is 10.2 Å². The standard InChI is InChI=1S/C19H23N3O3S/c1-5-11(6-2)17-21-22-18(26-17)20-16(24)12-7-8-15-13(9-12)14(23)10-19(3,4)25-15/h7-9,11H,5-6,10H2,1-4H3,(H,20,22,24). The maximum absolute atomic E-state index is 12.5. The summed E-state index contributed by atoms with van der Waals surface area (Å²) in [5, 5.41) is 12.4. The van der Waals surface area contributed by atoms with Gasteiger partial charge in [0.25, 0.3) is 5.91 Å². The van der Waals surface area contributed by atoms with Gasteiger partial charge in [-0.25, -0.2) is 0 Å². The van der Waals surface area contributed by atoms with Gasteiger partial charge in [0.1, 0.15) is 16.4 Å². The topological polar surface area (TPSA) is 81.2 Å². The molecule has 1 amide bonds. The molecule has 0 bridgehead atoms. The van der Waals surface area contributed by atoms with Crippen LogP contribution in [0.1, 0.15) is 78.6 Å². The Morgan fingerprint density at radius 1 is 1.31 bits per heavy atom. The molecule has 7 heteroatoms. The second-order valence-electron chi connectivity index (χ2n) is 7.09. The minimum absolute atomic E-state index is 0.0159. The van der Waals surface area contributed by atoms with Gasteiger partial charge in [0, 0.05) is 11.5 Å². The van der Waals surface area contributed by atoms with Crippen molar-refractivity contribution in [3.63, 3.8) is 0 Å². The van der Waals surface area contributed by atoms with Gasteiger partial charge in [0.05, 0.1) is 12.0 Å². The van der Waals surface area contributed by atoms with E-state index in [1.807, 2.05) is 13.8 Å². The zero-order valence-corrected chi connectivity index (χ0v) is 16.3. The molecule has 138 valence electrons. The summed E-state index contributed by atoms with van der Waals surface area (Å²) in [5.74, 6) is 0.560. The Morgan fingerprint density at radius 3 is 2.73 bits per heavy atom. The van der Waals surface area contributed by atoms with E-state index in [-0.39, 0.29) is 11.7 Å². The van der Waals surface area contributed by atoms with Gasteiger partial charge in [-0.2, -0.15) is 0 Å². The molecule has 0 unspecified atom stereocenters. The maximum Gasteiger partial charge on any atom is 0.257 e. The highest BCUT2D eigenvalue weighted by molar-refractivity contribution is 7.15. The Labute approximate surface area is 157 Å². The van der Waals surface area contributed by atoms with Crippen molar-refractivity contribution >= 4 is 28.2 Å². The molecule has 26 heavy (non-hydrogen) atoms. The number of carbonyl (C=O) groups excluding carboxylic acids is 2. The highest BCUT2D eigenvalue weighted by Gasteiger charge is 2.32. The summed E-state index contributed by atoms with van der Waals surface area (Å²) in [4.78, 5) is 24.9. The lowest BCUT2D eigenvalue weighted by atomic mass is 9.92. The first-order valence-corrected chi connectivity index (χ1v) is 9.65. The number of anilines is 1. The van der Waals surface area contributed by atoms with Gasteiger partial charge >= 0.3 is 0 Å². The molecular weight excluding hydrogens is 350 g/mol. The third-order valence-corrected chi connectivity index (χ3v) is 5.51. The van der Waals surface area contributed by atoms with E-state index >= 15 is 0 Å². The Hall–Kier alpha value is -2.28. The number of Topliss-reactive ketones (excluding diaryl/α,β-unsaturated/α-hetero) is 1. The lowest BCUT2D eigenvalue weighted by Crippen LogP contribution is -2.36. The Balaban J connectivity index is 1.77. The zero-order chi connectivity index (χ0) is 18.9. The van der Waals surface area contributed by atoms with Crippen LogP contribution in [0.15, 0.2) is 18.2 Å². The predicted octanol–water partition coefficient (Wildman–Crippen LogP) is 4.44. The molecule has 1 aliphatic heterocycles. The first-order valence-electron chi connectivity index (χ1n) is 8.84. The first-order chi connectivity index (χ1) is 12.3. The number of fused-ring (bicyclic) bond motifs is 1. The number of hydrogen-bond acceptors (Lipinski definition) is 6. The molecule has 2 aromatic rings. The van der Waals surface area contributed by atoms with Gasteiger partial charge < -0.3 is 4.74 Å². The van der Waals surface area contributed by atoms with Crippen molar-refractivity contribution in [2.45, 2.75) is 58.5 Å². The smallest absolute Gasteiger partial charge is 0.257 e. The van der Waals surface area contributed by atoms with Gasteiger partial charge in [0.15, 0.2) is 5.78 Å². The number of benzene rings is 1. The van der Waals surface area contributed by atoms with E-state index in [1.54, 1.807) is 18.2 Å². The number of ketones is 1. The van der Waals surface area contributed by atoms with Gasteiger partial charge in [-0.05, 0) is 44.9 Å². The van der Waals surface area contributed by atoms with E-state index < -0.39 is 5.60 Å². The molecule has 1 N–H and O–H groups in total. The largest absolute Gasteiger partial charge is 0.487 e. The van der Waals surface area contributed by atoms with Crippen LogP contribution < -0.4 is 10.1 Å². The Kier molecular flexibility index (Phi) is 5.09. The summed E-state index contributed by atoms with van der Waals surface area (Å²) < 4.78 is 5.82. The minimum atomic E-state index is -0.522. The quantitative estimate of drug-likeness (QED) is 0.838. The van der Waals surface area contributed by atoms with Crippen molar-refractivity contribution in [2.75, 3.05) is 5.32 Å². The van der Waals surface area contributed by atoms with E-state index in [2.05, 4.69) is 29.4 Å².